The highest BCUT2D eigenvalue weighted by molar-refractivity contribution is 7.98. The summed E-state index contributed by atoms with van der Waals surface area (Å²) in [5.74, 6) is 1.83. The fraction of sp³-hybridized carbons (Fsp3) is 0.235. The van der Waals surface area contributed by atoms with Crippen LogP contribution in [0.4, 0.5) is 10.1 Å². The first-order valence-corrected chi connectivity index (χ1v) is 8.46. The molecule has 0 fully saturated rings. The molecule has 3 aromatic rings. The smallest absolute Gasteiger partial charge is 0.231 e. The molecule has 0 spiro atoms. The van der Waals surface area contributed by atoms with Crippen molar-refractivity contribution in [2.75, 3.05) is 25.8 Å². The number of nitrogens with one attached hydrogen (secondary N) is 1. The van der Waals surface area contributed by atoms with E-state index in [1.165, 1.54) is 17.8 Å². The third-order valence-electron chi connectivity index (χ3n) is 3.84. The lowest BCUT2D eigenvalue weighted by Gasteiger charge is -2.17. The number of thioether (sulfide) groups is 1. The minimum Gasteiger partial charge on any atom is -0.454 e. The monoisotopic (exact) mass is 345 g/mol. The first-order valence-electron chi connectivity index (χ1n) is 7.48. The molecule has 0 atom stereocenters. The van der Waals surface area contributed by atoms with Gasteiger partial charge in [-0.15, -0.1) is 0 Å². The van der Waals surface area contributed by atoms with Crippen molar-refractivity contribution in [2.45, 2.75) is 10.9 Å². The summed E-state index contributed by atoms with van der Waals surface area (Å²) < 4.78 is 24.3. The van der Waals surface area contributed by atoms with E-state index in [4.69, 9.17) is 9.47 Å². The quantitative estimate of drug-likeness (QED) is 0.729. The average molecular weight is 345 g/mol. The molecule has 1 N–H and O–H groups in total. The molecule has 1 aromatic heterocycles. The molecular formula is C17H16FN3O2S. The Labute approximate surface area is 142 Å². The normalized spacial score (nSPS) is 12.8. The van der Waals surface area contributed by atoms with Crippen LogP contribution in [0, 0.1) is 5.82 Å². The Morgan fingerprint density at radius 1 is 1.21 bits per heavy atom. The van der Waals surface area contributed by atoms with E-state index in [9.17, 15) is 4.39 Å². The van der Waals surface area contributed by atoms with E-state index in [2.05, 4.69) is 9.97 Å². The summed E-state index contributed by atoms with van der Waals surface area (Å²) in [5, 5.41) is 0.780. The van der Waals surface area contributed by atoms with Gasteiger partial charge in [-0.25, -0.2) is 9.37 Å². The molecule has 7 heteroatoms. The Morgan fingerprint density at radius 2 is 2.00 bits per heavy atom. The van der Waals surface area contributed by atoms with Crippen LogP contribution in [0.1, 0.15) is 5.56 Å². The summed E-state index contributed by atoms with van der Waals surface area (Å²) in [7, 11) is 3.90. The molecule has 1 aliphatic heterocycles. The number of rotatable bonds is 4. The van der Waals surface area contributed by atoms with Gasteiger partial charge in [-0.05, 0) is 23.8 Å². The Balaban J connectivity index is 1.58. The number of ether oxygens (including phenoxy) is 2. The maximum absolute atomic E-state index is 13.6. The lowest BCUT2D eigenvalue weighted by atomic mass is 10.2. The molecule has 0 aliphatic carbocycles. The van der Waals surface area contributed by atoms with Gasteiger partial charge in [-0.1, -0.05) is 11.8 Å². The topological polar surface area (TPSA) is 50.4 Å². The average Bonchev–Trinajstić information content (AvgIpc) is 3.15. The summed E-state index contributed by atoms with van der Waals surface area (Å²) in [5.41, 5.74) is 3.66. The van der Waals surface area contributed by atoms with Crippen molar-refractivity contribution < 1.29 is 13.9 Å². The first kappa shape index (κ1) is 15.1. The van der Waals surface area contributed by atoms with Crippen molar-refractivity contribution >= 4 is 28.5 Å². The van der Waals surface area contributed by atoms with Crippen molar-refractivity contribution in [3.05, 3.63) is 41.7 Å². The number of aromatic nitrogens is 2. The number of nitrogens with zero attached hydrogens (tertiary/aromatic N) is 2. The molecule has 2 heterocycles. The van der Waals surface area contributed by atoms with E-state index in [1.807, 2.05) is 31.1 Å². The predicted octanol–water partition coefficient (Wildman–Crippen LogP) is 3.79. The van der Waals surface area contributed by atoms with Crippen LogP contribution in [0.3, 0.4) is 0 Å². The van der Waals surface area contributed by atoms with Crippen molar-refractivity contribution in [1.29, 1.82) is 0 Å². The molecule has 0 unspecified atom stereocenters. The molecule has 0 amide bonds. The van der Waals surface area contributed by atoms with Gasteiger partial charge in [0.05, 0.1) is 11.0 Å². The molecular weight excluding hydrogens is 329 g/mol. The minimum absolute atomic E-state index is 0.230. The van der Waals surface area contributed by atoms with Gasteiger partial charge in [0.25, 0.3) is 0 Å². The highest BCUT2D eigenvalue weighted by atomic mass is 32.2. The summed E-state index contributed by atoms with van der Waals surface area (Å²) in [4.78, 5) is 9.81. The SMILES string of the molecule is CN(C)c1ccc(F)cc1CSc1nc2cc3c(cc2[nH]1)OCO3. The van der Waals surface area contributed by atoms with Gasteiger partial charge in [-0.3, -0.25) is 0 Å². The Bertz CT molecular complexity index is 869. The van der Waals surface area contributed by atoms with Gasteiger partial charge in [0.2, 0.25) is 6.79 Å². The first-order chi connectivity index (χ1) is 11.6. The number of halogens is 1. The predicted molar refractivity (Wildman–Crippen MR) is 92.5 cm³/mol. The van der Waals surface area contributed by atoms with E-state index in [0.717, 1.165) is 33.2 Å². The summed E-state index contributed by atoms with van der Waals surface area (Å²) in [6, 6.07) is 8.60. The number of hydrogen-bond donors (Lipinski definition) is 1. The molecule has 0 radical (unpaired) electrons. The van der Waals surface area contributed by atoms with E-state index in [0.29, 0.717) is 11.5 Å². The standard InChI is InChI=1S/C17H16FN3O2S/c1-21(2)14-4-3-11(18)5-10(14)8-24-17-19-12-6-15-16(23-9-22-15)7-13(12)20-17/h3-7H,8-9H2,1-2H3,(H,19,20). The fourth-order valence-corrected chi connectivity index (χ4v) is 3.57. The zero-order chi connectivity index (χ0) is 16.7. The molecule has 0 saturated heterocycles. The van der Waals surface area contributed by atoms with Crippen LogP contribution in [-0.2, 0) is 5.75 Å². The number of anilines is 1. The highest BCUT2D eigenvalue weighted by Crippen LogP contribution is 2.36. The van der Waals surface area contributed by atoms with E-state index in [1.54, 1.807) is 12.1 Å². The maximum Gasteiger partial charge on any atom is 0.231 e. The Kier molecular flexibility index (Phi) is 3.72. The van der Waals surface area contributed by atoms with Gasteiger partial charge in [0.15, 0.2) is 16.7 Å². The van der Waals surface area contributed by atoms with Crippen molar-refractivity contribution in [1.82, 2.24) is 9.97 Å². The van der Waals surface area contributed by atoms with E-state index < -0.39 is 0 Å². The number of fused-ring (bicyclic) bond motifs is 2. The maximum atomic E-state index is 13.6. The van der Waals surface area contributed by atoms with E-state index in [-0.39, 0.29) is 12.6 Å². The van der Waals surface area contributed by atoms with Gasteiger partial charge >= 0.3 is 0 Å². The summed E-state index contributed by atoms with van der Waals surface area (Å²) in [6.07, 6.45) is 0. The minimum atomic E-state index is -0.230. The molecule has 124 valence electrons. The highest BCUT2D eigenvalue weighted by Gasteiger charge is 2.16. The van der Waals surface area contributed by atoms with Crippen molar-refractivity contribution in [3.8, 4) is 11.5 Å². The van der Waals surface area contributed by atoms with Crippen molar-refractivity contribution in [2.24, 2.45) is 0 Å². The molecule has 0 bridgehead atoms. The van der Waals surface area contributed by atoms with Crippen LogP contribution >= 0.6 is 11.8 Å². The lowest BCUT2D eigenvalue weighted by molar-refractivity contribution is 0.174. The van der Waals surface area contributed by atoms with Crippen LogP contribution in [0.15, 0.2) is 35.5 Å². The molecule has 1 aliphatic rings. The van der Waals surface area contributed by atoms with Gasteiger partial charge in [0.1, 0.15) is 5.82 Å². The zero-order valence-electron chi connectivity index (χ0n) is 13.3. The second kappa shape index (κ2) is 5.90. The second-order valence-electron chi connectivity index (χ2n) is 5.72. The second-order valence-corrected chi connectivity index (χ2v) is 6.68. The third kappa shape index (κ3) is 2.75. The summed E-state index contributed by atoms with van der Waals surface area (Å²) in [6.45, 7) is 0.246. The number of aromatic amines is 1. The molecule has 5 nitrogen and oxygen atoms in total. The van der Waals surface area contributed by atoms with Crippen molar-refractivity contribution in [3.63, 3.8) is 0 Å². The Hall–Kier alpha value is -2.41. The number of benzene rings is 2. The molecule has 2 aromatic carbocycles. The van der Waals surface area contributed by atoms with Crippen LogP contribution in [-0.4, -0.2) is 30.9 Å². The molecule has 0 saturated carbocycles. The molecule has 24 heavy (non-hydrogen) atoms. The number of imidazole rings is 1. The Morgan fingerprint density at radius 3 is 2.79 bits per heavy atom. The van der Waals surface area contributed by atoms with Crippen LogP contribution in [0.5, 0.6) is 11.5 Å². The van der Waals surface area contributed by atoms with E-state index >= 15 is 0 Å². The van der Waals surface area contributed by atoms with Gasteiger partial charge in [0, 0.05) is 37.7 Å². The lowest BCUT2D eigenvalue weighted by Crippen LogP contribution is -2.11. The number of H-pyrrole nitrogens is 1. The van der Waals surface area contributed by atoms with Gasteiger partial charge < -0.3 is 19.4 Å². The van der Waals surface area contributed by atoms with Crippen LogP contribution < -0.4 is 14.4 Å². The largest absolute Gasteiger partial charge is 0.454 e. The fourth-order valence-electron chi connectivity index (χ4n) is 2.70. The van der Waals surface area contributed by atoms with Crippen LogP contribution in [0.2, 0.25) is 0 Å². The summed E-state index contributed by atoms with van der Waals surface area (Å²) >= 11 is 1.54. The molecule has 4 rings (SSSR count). The van der Waals surface area contributed by atoms with Crippen LogP contribution in [0.25, 0.3) is 11.0 Å². The third-order valence-corrected chi connectivity index (χ3v) is 4.76. The zero-order valence-corrected chi connectivity index (χ0v) is 14.1. The number of hydrogen-bond acceptors (Lipinski definition) is 5. The van der Waals surface area contributed by atoms with Gasteiger partial charge in [-0.2, -0.15) is 0 Å².